The van der Waals surface area contributed by atoms with Crippen LogP contribution in [0, 0.1) is 4.77 Å². The van der Waals surface area contributed by atoms with E-state index in [-0.39, 0.29) is 11.6 Å². The Hall–Kier alpha value is -1.69. The van der Waals surface area contributed by atoms with Gasteiger partial charge in [0.05, 0.1) is 5.56 Å². The van der Waals surface area contributed by atoms with E-state index in [1.54, 1.807) is 0 Å². The van der Waals surface area contributed by atoms with E-state index in [0.717, 1.165) is 19.3 Å². The van der Waals surface area contributed by atoms with Gasteiger partial charge >= 0.3 is 0 Å². The number of H-pyrrole nitrogens is 1. The molecule has 0 atom stereocenters. The van der Waals surface area contributed by atoms with E-state index in [1.165, 1.54) is 11.3 Å². The Kier molecular flexibility index (Phi) is 3.57. The maximum atomic E-state index is 12.8. The van der Waals surface area contributed by atoms with E-state index in [9.17, 15) is 4.79 Å². The molecule has 3 rings (SSSR count). The highest BCUT2D eigenvalue weighted by Crippen LogP contribution is 2.26. The van der Waals surface area contributed by atoms with Crippen molar-refractivity contribution in [3.8, 4) is 11.4 Å². The zero-order valence-electron chi connectivity index (χ0n) is 12.6. The Labute approximate surface area is 128 Å². The first kappa shape index (κ1) is 14.3. The lowest BCUT2D eigenvalue weighted by atomic mass is 10.1. The first-order valence-electron chi connectivity index (χ1n) is 7.47. The Morgan fingerprint density at radius 2 is 2.19 bits per heavy atom. The third kappa shape index (κ3) is 2.18. The fourth-order valence-corrected chi connectivity index (χ4v) is 3.53. The molecule has 2 aromatic rings. The summed E-state index contributed by atoms with van der Waals surface area (Å²) in [5, 5.41) is 7.12. The van der Waals surface area contributed by atoms with E-state index in [0.29, 0.717) is 22.7 Å². The zero-order valence-corrected chi connectivity index (χ0v) is 13.5. The lowest BCUT2D eigenvalue weighted by molar-refractivity contribution is 0.595. The lowest BCUT2D eigenvalue weighted by Gasteiger charge is -2.14. The predicted molar refractivity (Wildman–Crippen MR) is 85.2 cm³/mol. The van der Waals surface area contributed by atoms with Crippen molar-refractivity contribution in [1.82, 2.24) is 19.3 Å². The second kappa shape index (κ2) is 5.26. The van der Waals surface area contributed by atoms with Crippen LogP contribution in [0.15, 0.2) is 10.9 Å². The number of pyridine rings is 1. The van der Waals surface area contributed by atoms with E-state index in [1.807, 2.05) is 36.0 Å². The van der Waals surface area contributed by atoms with Gasteiger partial charge in [-0.2, -0.15) is 5.10 Å². The van der Waals surface area contributed by atoms with Gasteiger partial charge in [-0.25, -0.2) is 0 Å². The third-order valence-corrected chi connectivity index (χ3v) is 4.42. The summed E-state index contributed by atoms with van der Waals surface area (Å²) in [4.78, 5) is 12.8. The molecule has 0 saturated carbocycles. The number of fused-ring (bicyclic) bond motifs is 1. The molecule has 1 aliphatic carbocycles. The molecule has 21 heavy (non-hydrogen) atoms. The molecule has 1 N–H and O–H groups in total. The van der Waals surface area contributed by atoms with E-state index < -0.39 is 0 Å². The maximum absolute atomic E-state index is 12.8. The monoisotopic (exact) mass is 304 g/mol. The molecule has 0 unspecified atom stereocenters. The summed E-state index contributed by atoms with van der Waals surface area (Å²) in [7, 11) is 0. The van der Waals surface area contributed by atoms with Gasteiger partial charge in [-0.3, -0.25) is 14.5 Å². The fraction of sp³-hybridized carbons (Fsp3) is 0.533. The molecule has 0 bridgehead atoms. The average Bonchev–Trinajstić information content (AvgIpc) is 3.04. The van der Waals surface area contributed by atoms with Crippen LogP contribution in [0.4, 0.5) is 0 Å². The number of nitrogens with zero attached hydrogens (tertiary/aromatic N) is 3. The summed E-state index contributed by atoms with van der Waals surface area (Å²) in [6, 6.07) is 2.18. The van der Waals surface area contributed by atoms with Gasteiger partial charge in [0.2, 0.25) is 0 Å². The zero-order chi connectivity index (χ0) is 15.1. The van der Waals surface area contributed by atoms with Crippen molar-refractivity contribution < 1.29 is 0 Å². The molecule has 112 valence electrons. The summed E-state index contributed by atoms with van der Waals surface area (Å²) in [6.45, 7) is 6.80. The molecule has 0 saturated heterocycles. The van der Waals surface area contributed by atoms with Gasteiger partial charge in [0, 0.05) is 18.3 Å². The summed E-state index contributed by atoms with van der Waals surface area (Å²) < 4.78 is 4.36. The van der Waals surface area contributed by atoms with Crippen molar-refractivity contribution in [1.29, 1.82) is 0 Å². The number of nitrogens with one attached hydrogen (secondary N) is 1. The van der Waals surface area contributed by atoms with Crippen LogP contribution in [-0.2, 0) is 19.4 Å². The second-order valence-corrected chi connectivity index (χ2v) is 6.14. The van der Waals surface area contributed by atoms with Gasteiger partial charge in [0.1, 0.15) is 0 Å². The van der Waals surface area contributed by atoms with Gasteiger partial charge in [-0.1, -0.05) is 0 Å². The highest BCUT2D eigenvalue weighted by Gasteiger charge is 2.22. The van der Waals surface area contributed by atoms with Gasteiger partial charge < -0.3 is 4.57 Å². The summed E-state index contributed by atoms with van der Waals surface area (Å²) in [5.74, 6) is 0.650. The van der Waals surface area contributed by atoms with E-state index >= 15 is 0 Å². The standard InChI is InChI=1S/C15H20N4OS/c1-4-18-12-7-5-6-10(12)8-11(14(18)20)13-16-17-15(21)19(13)9(2)3/h8-9H,4-7H2,1-3H3,(H,17,21). The molecule has 0 spiro atoms. The van der Waals surface area contributed by atoms with Crippen LogP contribution in [0.2, 0.25) is 0 Å². The number of aromatic amines is 1. The Bertz CT molecular complexity index is 797. The van der Waals surface area contributed by atoms with Crippen LogP contribution >= 0.6 is 12.2 Å². The van der Waals surface area contributed by atoms with Crippen LogP contribution in [-0.4, -0.2) is 19.3 Å². The highest BCUT2D eigenvalue weighted by atomic mass is 32.1. The normalized spacial score (nSPS) is 13.9. The minimum atomic E-state index is 0.0362. The minimum absolute atomic E-state index is 0.0362. The SMILES string of the molecule is CCn1c2c(cc(-c3n[nH]c(=S)n3C(C)C)c1=O)CCC2. The topological polar surface area (TPSA) is 55.6 Å². The van der Waals surface area contributed by atoms with Crippen LogP contribution < -0.4 is 5.56 Å². The number of hydrogen-bond donors (Lipinski definition) is 1. The molecular weight excluding hydrogens is 284 g/mol. The number of hydrogen-bond acceptors (Lipinski definition) is 3. The van der Waals surface area contributed by atoms with Crippen LogP contribution in [0.25, 0.3) is 11.4 Å². The molecule has 0 amide bonds. The first-order valence-corrected chi connectivity index (χ1v) is 7.88. The van der Waals surface area contributed by atoms with Crippen LogP contribution in [0.3, 0.4) is 0 Å². The molecule has 6 heteroatoms. The largest absolute Gasteiger partial charge is 0.312 e. The molecule has 5 nitrogen and oxygen atoms in total. The average molecular weight is 304 g/mol. The lowest BCUT2D eigenvalue weighted by Crippen LogP contribution is -2.25. The fourth-order valence-electron chi connectivity index (χ4n) is 3.19. The first-order chi connectivity index (χ1) is 10.0. The molecule has 2 aromatic heterocycles. The number of aryl methyl sites for hydroxylation is 1. The van der Waals surface area contributed by atoms with Gasteiger partial charge in [-0.05, 0) is 63.9 Å². The summed E-state index contributed by atoms with van der Waals surface area (Å²) in [6.07, 6.45) is 3.15. The second-order valence-electron chi connectivity index (χ2n) is 5.75. The molecule has 1 aliphatic rings. The molecule has 0 fully saturated rings. The Morgan fingerprint density at radius 3 is 2.86 bits per heavy atom. The van der Waals surface area contributed by atoms with E-state index in [2.05, 4.69) is 10.2 Å². The van der Waals surface area contributed by atoms with Gasteiger partial charge in [0.25, 0.3) is 5.56 Å². The van der Waals surface area contributed by atoms with Crippen LogP contribution in [0.1, 0.15) is 44.5 Å². The Balaban J connectivity index is 2.30. The molecule has 0 radical (unpaired) electrons. The van der Waals surface area contributed by atoms with Crippen molar-refractivity contribution in [2.75, 3.05) is 0 Å². The summed E-state index contributed by atoms with van der Waals surface area (Å²) >= 11 is 5.29. The smallest absolute Gasteiger partial charge is 0.261 e. The predicted octanol–water partition coefficient (Wildman–Crippen LogP) is 2.86. The molecular formula is C15H20N4OS. The van der Waals surface area contributed by atoms with Crippen LogP contribution in [0.5, 0.6) is 0 Å². The molecule has 0 aliphatic heterocycles. The van der Waals surface area contributed by atoms with Crippen molar-refractivity contribution in [2.45, 2.75) is 52.6 Å². The van der Waals surface area contributed by atoms with Crippen molar-refractivity contribution in [3.63, 3.8) is 0 Å². The van der Waals surface area contributed by atoms with E-state index in [4.69, 9.17) is 12.2 Å². The van der Waals surface area contributed by atoms with Crippen molar-refractivity contribution in [2.24, 2.45) is 0 Å². The van der Waals surface area contributed by atoms with Gasteiger partial charge in [-0.15, -0.1) is 0 Å². The molecule has 0 aromatic carbocycles. The van der Waals surface area contributed by atoms with Crippen molar-refractivity contribution in [3.05, 3.63) is 32.4 Å². The highest BCUT2D eigenvalue weighted by molar-refractivity contribution is 7.71. The van der Waals surface area contributed by atoms with Crippen molar-refractivity contribution >= 4 is 12.2 Å². The molecule has 2 heterocycles. The number of rotatable bonds is 3. The minimum Gasteiger partial charge on any atom is -0.312 e. The Morgan fingerprint density at radius 1 is 1.43 bits per heavy atom. The third-order valence-electron chi connectivity index (χ3n) is 4.13. The van der Waals surface area contributed by atoms with Gasteiger partial charge in [0.15, 0.2) is 10.6 Å². The number of aromatic nitrogens is 4. The maximum Gasteiger partial charge on any atom is 0.261 e. The summed E-state index contributed by atoms with van der Waals surface area (Å²) in [5.41, 5.74) is 3.15. The quantitative estimate of drug-likeness (QED) is 0.887.